The minimum Gasteiger partial charge on any atom is -0.481 e. The van der Waals surface area contributed by atoms with E-state index in [9.17, 15) is 9.90 Å². The fourth-order valence-corrected chi connectivity index (χ4v) is 3.27. The van der Waals surface area contributed by atoms with Crippen molar-refractivity contribution in [3.05, 3.63) is 35.4 Å². The van der Waals surface area contributed by atoms with Gasteiger partial charge in [0.15, 0.2) is 0 Å². The maximum atomic E-state index is 11.5. The standard InChI is InChI=1S/C16H21NO3/c18-16(19)15-11-17(10-13-6-3-4-8-20-13)9-12-5-1-2-7-14(12)15/h1-2,5,7,13,15H,3-4,6,8-11H2,(H,18,19). The summed E-state index contributed by atoms with van der Waals surface area (Å²) in [6.07, 6.45) is 3.73. The highest BCUT2D eigenvalue weighted by Gasteiger charge is 2.31. The largest absolute Gasteiger partial charge is 0.481 e. The van der Waals surface area contributed by atoms with E-state index >= 15 is 0 Å². The zero-order valence-corrected chi connectivity index (χ0v) is 11.6. The van der Waals surface area contributed by atoms with E-state index in [-0.39, 0.29) is 6.10 Å². The summed E-state index contributed by atoms with van der Waals surface area (Å²) < 4.78 is 5.78. The zero-order valence-electron chi connectivity index (χ0n) is 11.6. The molecule has 0 bridgehead atoms. The average Bonchev–Trinajstić information content (AvgIpc) is 2.47. The molecule has 1 saturated heterocycles. The Bertz CT molecular complexity index is 482. The summed E-state index contributed by atoms with van der Waals surface area (Å²) >= 11 is 0. The van der Waals surface area contributed by atoms with Crippen LogP contribution in [0.5, 0.6) is 0 Å². The van der Waals surface area contributed by atoms with Crippen molar-refractivity contribution in [2.75, 3.05) is 19.7 Å². The first-order valence-electron chi connectivity index (χ1n) is 7.38. The summed E-state index contributed by atoms with van der Waals surface area (Å²) in [5.74, 6) is -1.14. The minimum atomic E-state index is -0.730. The van der Waals surface area contributed by atoms with Crippen LogP contribution in [-0.2, 0) is 16.1 Å². The van der Waals surface area contributed by atoms with Gasteiger partial charge in [0.2, 0.25) is 0 Å². The number of carboxylic acids is 1. The number of benzene rings is 1. The van der Waals surface area contributed by atoms with Gasteiger partial charge in [0, 0.05) is 26.2 Å². The third-order valence-electron chi connectivity index (χ3n) is 4.30. The molecule has 1 N–H and O–H groups in total. The van der Waals surface area contributed by atoms with Crippen LogP contribution in [0.4, 0.5) is 0 Å². The van der Waals surface area contributed by atoms with Gasteiger partial charge in [-0.15, -0.1) is 0 Å². The van der Waals surface area contributed by atoms with E-state index in [1.54, 1.807) is 0 Å². The molecule has 0 aromatic heterocycles. The molecule has 3 rings (SSSR count). The lowest BCUT2D eigenvalue weighted by molar-refractivity contribution is -0.139. The van der Waals surface area contributed by atoms with Gasteiger partial charge in [0.05, 0.1) is 12.0 Å². The van der Waals surface area contributed by atoms with Crippen molar-refractivity contribution in [3.8, 4) is 0 Å². The molecule has 4 heteroatoms. The van der Waals surface area contributed by atoms with Crippen LogP contribution in [-0.4, -0.2) is 41.8 Å². The smallest absolute Gasteiger partial charge is 0.312 e. The van der Waals surface area contributed by atoms with Gasteiger partial charge in [-0.25, -0.2) is 0 Å². The summed E-state index contributed by atoms with van der Waals surface area (Å²) in [4.78, 5) is 13.7. The molecule has 108 valence electrons. The van der Waals surface area contributed by atoms with E-state index < -0.39 is 11.9 Å². The Hall–Kier alpha value is -1.39. The number of rotatable bonds is 3. The molecule has 2 aliphatic rings. The number of ether oxygens (including phenoxy) is 1. The molecule has 1 aromatic carbocycles. The van der Waals surface area contributed by atoms with Crippen molar-refractivity contribution in [1.29, 1.82) is 0 Å². The fourth-order valence-electron chi connectivity index (χ4n) is 3.27. The molecule has 0 saturated carbocycles. The maximum Gasteiger partial charge on any atom is 0.312 e. The van der Waals surface area contributed by atoms with E-state index in [0.29, 0.717) is 6.54 Å². The predicted octanol–water partition coefficient (Wildman–Crippen LogP) is 2.24. The highest BCUT2D eigenvalue weighted by atomic mass is 16.5. The SMILES string of the molecule is O=C(O)C1CN(CC2CCCCO2)Cc2ccccc21. The van der Waals surface area contributed by atoms with Gasteiger partial charge in [0.1, 0.15) is 0 Å². The molecule has 2 atom stereocenters. The molecule has 1 aromatic rings. The Morgan fingerprint density at radius 3 is 2.95 bits per heavy atom. The Kier molecular flexibility index (Phi) is 4.03. The maximum absolute atomic E-state index is 11.5. The van der Waals surface area contributed by atoms with Gasteiger partial charge in [-0.1, -0.05) is 24.3 Å². The second-order valence-electron chi connectivity index (χ2n) is 5.77. The number of carbonyl (C=O) groups is 1. The molecule has 0 spiro atoms. The lowest BCUT2D eigenvalue weighted by Gasteiger charge is -2.35. The van der Waals surface area contributed by atoms with E-state index in [0.717, 1.165) is 43.7 Å². The number of fused-ring (bicyclic) bond motifs is 1. The minimum absolute atomic E-state index is 0.267. The molecular weight excluding hydrogens is 254 g/mol. The fraction of sp³-hybridized carbons (Fsp3) is 0.562. The quantitative estimate of drug-likeness (QED) is 0.919. The molecular formula is C16H21NO3. The Labute approximate surface area is 119 Å². The van der Waals surface area contributed by atoms with E-state index in [1.807, 2.05) is 24.3 Å². The number of hydrogen-bond acceptors (Lipinski definition) is 3. The van der Waals surface area contributed by atoms with Crippen LogP contribution >= 0.6 is 0 Å². The topological polar surface area (TPSA) is 49.8 Å². The summed E-state index contributed by atoms with van der Waals surface area (Å²) in [5.41, 5.74) is 2.11. The van der Waals surface area contributed by atoms with Crippen molar-refractivity contribution in [3.63, 3.8) is 0 Å². The molecule has 0 amide bonds. The third-order valence-corrected chi connectivity index (χ3v) is 4.30. The molecule has 0 aliphatic carbocycles. The van der Waals surface area contributed by atoms with Crippen LogP contribution in [0, 0.1) is 0 Å². The van der Waals surface area contributed by atoms with Gasteiger partial charge in [-0.05, 0) is 30.4 Å². The van der Waals surface area contributed by atoms with E-state index in [4.69, 9.17) is 4.74 Å². The summed E-state index contributed by atoms with van der Waals surface area (Å²) in [7, 11) is 0. The normalized spacial score (nSPS) is 27.0. The lowest BCUT2D eigenvalue weighted by Crippen LogP contribution is -2.42. The molecule has 2 unspecified atom stereocenters. The number of carboxylic acid groups (broad SMARTS) is 1. The van der Waals surface area contributed by atoms with Crippen LogP contribution in [0.25, 0.3) is 0 Å². The summed E-state index contributed by atoms with van der Waals surface area (Å²) in [6.45, 7) is 3.11. The number of aliphatic carboxylic acids is 1. The van der Waals surface area contributed by atoms with Gasteiger partial charge in [-0.3, -0.25) is 9.69 Å². The molecule has 4 nitrogen and oxygen atoms in total. The molecule has 1 fully saturated rings. The summed E-state index contributed by atoms with van der Waals surface area (Å²) in [6, 6.07) is 7.90. The van der Waals surface area contributed by atoms with Gasteiger partial charge in [0.25, 0.3) is 0 Å². The first-order valence-corrected chi connectivity index (χ1v) is 7.38. The second-order valence-corrected chi connectivity index (χ2v) is 5.77. The van der Waals surface area contributed by atoms with Crippen LogP contribution in [0.15, 0.2) is 24.3 Å². The van der Waals surface area contributed by atoms with Gasteiger partial charge < -0.3 is 9.84 Å². The van der Waals surface area contributed by atoms with Crippen molar-refractivity contribution in [1.82, 2.24) is 4.90 Å². The third kappa shape index (κ3) is 2.86. The molecule has 20 heavy (non-hydrogen) atoms. The highest BCUT2D eigenvalue weighted by molar-refractivity contribution is 5.77. The van der Waals surface area contributed by atoms with E-state index in [2.05, 4.69) is 4.90 Å². The summed E-state index contributed by atoms with van der Waals surface area (Å²) in [5, 5.41) is 9.45. The van der Waals surface area contributed by atoms with Crippen molar-refractivity contribution in [2.45, 2.75) is 37.8 Å². The van der Waals surface area contributed by atoms with Crippen LogP contribution in [0.3, 0.4) is 0 Å². The average molecular weight is 275 g/mol. The highest BCUT2D eigenvalue weighted by Crippen LogP contribution is 2.29. The van der Waals surface area contributed by atoms with Crippen LogP contribution in [0.2, 0.25) is 0 Å². The van der Waals surface area contributed by atoms with Crippen LogP contribution < -0.4 is 0 Å². The van der Waals surface area contributed by atoms with Crippen molar-refractivity contribution >= 4 is 5.97 Å². The molecule has 2 heterocycles. The van der Waals surface area contributed by atoms with E-state index in [1.165, 1.54) is 6.42 Å². The van der Waals surface area contributed by atoms with Gasteiger partial charge in [-0.2, -0.15) is 0 Å². The molecule has 0 radical (unpaired) electrons. The number of nitrogens with zero attached hydrogens (tertiary/aromatic N) is 1. The predicted molar refractivity (Wildman–Crippen MR) is 75.7 cm³/mol. The number of hydrogen-bond donors (Lipinski definition) is 1. The van der Waals surface area contributed by atoms with Crippen molar-refractivity contribution in [2.24, 2.45) is 0 Å². The van der Waals surface area contributed by atoms with Gasteiger partial charge >= 0.3 is 5.97 Å². The molecule has 2 aliphatic heterocycles. The van der Waals surface area contributed by atoms with Crippen LogP contribution in [0.1, 0.15) is 36.3 Å². The zero-order chi connectivity index (χ0) is 13.9. The first-order chi connectivity index (χ1) is 9.74. The first kappa shape index (κ1) is 13.6. The van der Waals surface area contributed by atoms with Crippen molar-refractivity contribution < 1.29 is 14.6 Å². The Morgan fingerprint density at radius 1 is 1.35 bits per heavy atom. The second kappa shape index (κ2) is 5.94. The Balaban J connectivity index is 1.74. The Morgan fingerprint density at radius 2 is 2.20 bits per heavy atom. The lowest BCUT2D eigenvalue weighted by atomic mass is 9.89. The monoisotopic (exact) mass is 275 g/mol.